The van der Waals surface area contributed by atoms with Gasteiger partial charge in [-0.25, -0.2) is 4.39 Å². The van der Waals surface area contributed by atoms with Gasteiger partial charge in [-0.2, -0.15) is 11.8 Å². The van der Waals surface area contributed by atoms with Gasteiger partial charge in [-0.3, -0.25) is 0 Å². The van der Waals surface area contributed by atoms with E-state index in [1.807, 2.05) is 29.4 Å². The molecule has 0 aliphatic heterocycles. The van der Waals surface area contributed by atoms with Gasteiger partial charge in [-0.05, 0) is 29.5 Å². The lowest BCUT2D eigenvalue weighted by Crippen LogP contribution is -1.83. The Kier molecular flexibility index (Phi) is 3.00. The first kappa shape index (κ1) is 10.6. The molecular formula is C12H14FNS. The maximum Gasteiger partial charge on any atom is 0.125 e. The Hall–Kier alpha value is -0.960. The Morgan fingerprint density at radius 2 is 2.20 bits per heavy atom. The molecule has 1 aromatic carbocycles. The van der Waals surface area contributed by atoms with E-state index in [2.05, 4.69) is 13.1 Å². The molecule has 0 bridgehead atoms. The van der Waals surface area contributed by atoms with Crippen molar-refractivity contribution < 1.29 is 4.39 Å². The fourth-order valence-electron chi connectivity index (χ4n) is 1.77. The minimum Gasteiger partial charge on any atom is -0.350 e. The van der Waals surface area contributed by atoms with E-state index < -0.39 is 0 Å². The van der Waals surface area contributed by atoms with Gasteiger partial charge in [-0.15, -0.1) is 0 Å². The Morgan fingerprint density at radius 1 is 1.40 bits per heavy atom. The molecule has 0 fully saturated rings. The van der Waals surface area contributed by atoms with Gasteiger partial charge in [0.05, 0.1) is 5.52 Å². The highest BCUT2D eigenvalue weighted by Crippen LogP contribution is 2.24. The van der Waals surface area contributed by atoms with Gasteiger partial charge >= 0.3 is 0 Å². The van der Waals surface area contributed by atoms with E-state index in [1.54, 1.807) is 6.07 Å². The van der Waals surface area contributed by atoms with Crippen molar-refractivity contribution in [2.24, 2.45) is 7.05 Å². The van der Waals surface area contributed by atoms with Crippen molar-refractivity contribution in [2.45, 2.75) is 12.7 Å². The van der Waals surface area contributed by atoms with Crippen LogP contribution in [0.2, 0.25) is 0 Å². The first-order valence-corrected chi connectivity index (χ1v) is 6.19. The fraction of sp³-hybridized carbons (Fsp3) is 0.333. The monoisotopic (exact) mass is 223 g/mol. The normalized spacial score (nSPS) is 11.1. The number of rotatable bonds is 3. The summed E-state index contributed by atoms with van der Waals surface area (Å²) in [6, 6.07) is 4.99. The zero-order valence-corrected chi connectivity index (χ0v) is 9.77. The highest BCUT2D eigenvalue weighted by atomic mass is 32.2. The molecule has 1 nitrogen and oxygen atoms in total. The minimum absolute atomic E-state index is 0.168. The number of halogens is 1. The predicted molar refractivity (Wildman–Crippen MR) is 64.7 cm³/mol. The smallest absolute Gasteiger partial charge is 0.125 e. The molecule has 2 rings (SSSR count). The third kappa shape index (κ3) is 2.02. The van der Waals surface area contributed by atoms with E-state index in [4.69, 9.17) is 0 Å². The van der Waals surface area contributed by atoms with Crippen molar-refractivity contribution >= 4 is 22.7 Å². The van der Waals surface area contributed by atoms with Crippen LogP contribution in [0.3, 0.4) is 0 Å². The van der Waals surface area contributed by atoms with Crippen molar-refractivity contribution in [1.82, 2.24) is 4.57 Å². The summed E-state index contributed by atoms with van der Waals surface area (Å²) in [6.45, 7) is 2.15. The third-order valence-electron chi connectivity index (χ3n) is 2.50. The number of nitrogens with zero attached hydrogens (tertiary/aromatic N) is 1. The molecule has 0 saturated heterocycles. The van der Waals surface area contributed by atoms with E-state index >= 15 is 0 Å². The number of aryl methyl sites for hydroxylation is 1. The van der Waals surface area contributed by atoms with Gasteiger partial charge in [0, 0.05) is 24.4 Å². The fourth-order valence-corrected chi connectivity index (χ4v) is 2.42. The van der Waals surface area contributed by atoms with Crippen molar-refractivity contribution in [3.05, 3.63) is 35.8 Å². The summed E-state index contributed by atoms with van der Waals surface area (Å²) in [5.41, 5.74) is 2.26. The molecule has 0 radical (unpaired) electrons. The summed E-state index contributed by atoms with van der Waals surface area (Å²) in [4.78, 5) is 0. The van der Waals surface area contributed by atoms with E-state index in [1.165, 1.54) is 17.0 Å². The molecule has 0 N–H and O–H groups in total. The molecule has 0 saturated carbocycles. The Labute approximate surface area is 93.3 Å². The molecule has 15 heavy (non-hydrogen) atoms. The number of fused-ring (bicyclic) bond motifs is 1. The number of aromatic nitrogens is 1. The molecule has 80 valence electrons. The lowest BCUT2D eigenvalue weighted by molar-refractivity contribution is 0.629. The van der Waals surface area contributed by atoms with Gasteiger partial charge in [0.15, 0.2) is 0 Å². The van der Waals surface area contributed by atoms with E-state index in [0.29, 0.717) is 0 Å². The summed E-state index contributed by atoms with van der Waals surface area (Å²) < 4.78 is 15.0. The molecule has 2 aromatic rings. The van der Waals surface area contributed by atoms with E-state index in [9.17, 15) is 4.39 Å². The van der Waals surface area contributed by atoms with Crippen LogP contribution in [0.5, 0.6) is 0 Å². The number of thioether (sulfide) groups is 1. The molecule has 1 aromatic heterocycles. The van der Waals surface area contributed by atoms with Crippen molar-refractivity contribution in [1.29, 1.82) is 0 Å². The standard InChI is InChI=1S/C12H14FNS/c1-3-15-8-9-7-14(2)12-6-10(13)4-5-11(9)12/h4-7H,3,8H2,1-2H3. The molecule has 0 unspecified atom stereocenters. The summed E-state index contributed by atoms with van der Waals surface area (Å²) in [5.74, 6) is 1.94. The van der Waals surface area contributed by atoms with Gasteiger partial charge in [-0.1, -0.05) is 6.92 Å². The van der Waals surface area contributed by atoms with Crippen LogP contribution in [0.1, 0.15) is 12.5 Å². The van der Waals surface area contributed by atoms with Crippen LogP contribution in [-0.4, -0.2) is 10.3 Å². The van der Waals surface area contributed by atoms with E-state index in [-0.39, 0.29) is 5.82 Å². The average Bonchev–Trinajstić information content (AvgIpc) is 2.53. The molecule has 0 aliphatic rings. The molecular weight excluding hydrogens is 209 g/mol. The van der Waals surface area contributed by atoms with Crippen LogP contribution in [0.15, 0.2) is 24.4 Å². The van der Waals surface area contributed by atoms with Gasteiger partial charge < -0.3 is 4.57 Å². The Bertz CT molecular complexity index is 476. The zero-order valence-electron chi connectivity index (χ0n) is 8.96. The largest absolute Gasteiger partial charge is 0.350 e. The van der Waals surface area contributed by atoms with Gasteiger partial charge in [0.25, 0.3) is 0 Å². The summed E-state index contributed by atoms with van der Waals surface area (Å²) >= 11 is 1.89. The average molecular weight is 223 g/mol. The van der Waals surface area contributed by atoms with Gasteiger partial charge in [0.1, 0.15) is 5.82 Å². The molecule has 1 heterocycles. The highest BCUT2D eigenvalue weighted by molar-refractivity contribution is 7.98. The zero-order chi connectivity index (χ0) is 10.8. The van der Waals surface area contributed by atoms with Crippen LogP contribution in [0.25, 0.3) is 10.9 Å². The number of hydrogen-bond acceptors (Lipinski definition) is 1. The van der Waals surface area contributed by atoms with Crippen LogP contribution in [0.4, 0.5) is 4.39 Å². The molecule has 0 aliphatic carbocycles. The van der Waals surface area contributed by atoms with Crippen LogP contribution in [0, 0.1) is 5.82 Å². The summed E-state index contributed by atoms with van der Waals surface area (Å²) in [5, 5.41) is 1.17. The van der Waals surface area contributed by atoms with Crippen molar-refractivity contribution in [2.75, 3.05) is 5.75 Å². The second kappa shape index (κ2) is 4.27. The Balaban J connectivity index is 2.48. The van der Waals surface area contributed by atoms with Crippen LogP contribution < -0.4 is 0 Å². The SMILES string of the molecule is CCSCc1cn(C)c2cc(F)ccc12. The minimum atomic E-state index is -0.168. The molecule has 0 amide bonds. The lowest BCUT2D eigenvalue weighted by atomic mass is 10.2. The topological polar surface area (TPSA) is 4.93 Å². The number of benzene rings is 1. The molecule has 3 heteroatoms. The second-order valence-electron chi connectivity index (χ2n) is 3.56. The first-order chi connectivity index (χ1) is 7.22. The maximum atomic E-state index is 13.1. The van der Waals surface area contributed by atoms with Gasteiger partial charge in [0.2, 0.25) is 0 Å². The maximum absolute atomic E-state index is 13.1. The van der Waals surface area contributed by atoms with Crippen molar-refractivity contribution in [3.8, 4) is 0 Å². The number of hydrogen-bond donors (Lipinski definition) is 0. The summed E-state index contributed by atoms with van der Waals surface area (Å²) in [6.07, 6.45) is 2.09. The lowest BCUT2D eigenvalue weighted by Gasteiger charge is -1.97. The van der Waals surface area contributed by atoms with Crippen LogP contribution >= 0.6 is 11.8 Å². The van der Waals surface area contributed by atoms with E-state index in [0.717, 1.165) is 17.0 Å². The Morgan fingerprint density at radius 3 is 2.93 bits per heavy atom. The molecule has 0 spiro atoms. The highest BCUT2D eigenvalue weighted by Gasteiger charge is 2.06. The molecule has 0 atom stereocenters. The third-order valence-corrected chi connectivity index (χ3v) is 3.42. The first-order valence-electron chi connectivity index (χ1n) is 5.03. The van der Waals surface area contributed by atoms with Crippen molar-refractivity contribution in [3.63, 3.8) is 0 Å². The summed E-state index contributed by atoms with van der Waals surface area (Å²) in [7, 11) is 1.96. The second-order valence-corrected chi connectivity index (χ2v) is 4.84. The van der Waals surface area contributed by atoms with Crippen LogP contribution in [-0.2, 0) is 12.8 Å². The predicted octanol–water partition coefficient (Wildman–Crippen LogP) is 3.57. The quantitative estimate of drug-likeness (QED) is 0.770.